The van der Waals surface area contributed by atoms with Crippen LogP contribution in [0.3, 0.4) is 0 Å². The Morgan fingerprint density at radius 2 is 0.655 bits per heavy atom. The van der Waals surface area contributed by atoms with Crippen LogP contribution in [0.5, 0.6) is 0 Å². The fourth-order valence-corrected chi connectivity index (χ4v) is 7.28. The minimum Gasteiger partial charge on any atom is -0.455 e. The third kappa shape index (κ3) is 6.26. The van der Waals surface area contributed by atoms with Crippen molar-refractivity contribution in [3.8, 4) is 78.7 Å². The number of aromatic nitrogens is 3. The summed E-state index contributed by atoms with van der Waals surface area (Å²) in [6.07, 6.45) is 0. The Kier molecular flexibility index (Phi) is 8.12. The Balaban J connectivity index is 1.00. The largest absolute Gasteiger partial charge is 0.455 e. The first-order chi connectivity index (χ1) is 27.2. The first kappa shape index (κ1) is 32.2. The van der Waals surface area contributed by atoms with Crippen molar-refractivity contribution < 1.29 is 4.42 Å². The van der Waals surface area contributed by atoms with E-state index in [1.165, 1.54) is 22.3 Å². The average Bonchev–Trinajstić information content (AvgIpc) is 3.66. The van der Waals surface area contributed by atoms with Crippen LogP contribution < -0.4 is 0 Å². The number of fused-ring (bicyclic) bond motifs is 3. The van der Waals surface area contributed by atoms with E-state index in [-0.39, 0.29) is 0 Å². The van der Waals surface area contributed by atoms with Crippen molar-refractivity contribution in [1.29, 1.82) is 0 Å². The zero-order valence-electron chi connectivity index (χ0n) is 29.8. The minimum absolute atomic E-state index is 0.563. The van der Waals surface area contributed by atoms with Crippen molar-refractivity contribution >= 4 is 21.9 Å². The summed E-state index contributed by atoms with van der Waals surface area (Å²) in [7, 11) is 0. The summed E-state index contributed by atoms with van der Waals surface area (Å²) in [5.74, 6) is 1.78. The van der Waals surface area contributed by atoms with E-state index in [0.717, 1.165) is 60.9 Å². The maximum atomic E-state index is 6.70. The van der Waals surface area contributed by atoms with Gasteiger partial charge in [0.15, 0.2) is 17.5 Å². The van der Waals surface area contributed by atoms with Crippen molar-refractivity contribution in [2.75, 3.05) is 0 Å². The van der Waals surface area contributed by atoms with E-state index in [1.54, 1.807) is 0 Å². The average molecular weight is 704 g/mol. The molecule has 10 rings (SSSR count). The molecule has 0 unspecified atom stereocenters. The molecule has 0 saturated heterocycles. The van der Waals surface area contributed by atoms with Gasteiger partial charge in [0.2, 0.25) is 0 Å². The van der Waals surface area contributed by atoms with E-state index in [9.17, 15) is 0 Å². The van der Waals surface area contributed by atoms with Crippen LogP contribution in [0, 0.1) is 0 Å². The lowest BCUT2D eigenvalue weighted by Gasteiger charge is -2.09. The van der Waals surface area contributed by atoms with Gasteiger partial charge in [-0.15, -0.1) is 0 Å². The van der Waals surface area contributed by atoms with Crippen LogP contribution in [0.2, 0.25) is 0 Å². The Hall–Kier alpha value is -7.43. The number of nitrogens with zero attached hydrogens (tertiary/aromatic N) is 3. The topological polar surface area (TPSA) is 51.8 Å². The van der Waals surface area contributed by atoms with E-state index in [2.05, 4.69) is 146 Å². The van der Waals surface area contributed by atoms with Crippen molar-refractivity contribution in [3.05, 3.63) is 200 Å². The second kappa shape index (κ2) is 13.8. The van der Waals surface area contributed by atoms with Gasteiger partial charge in [-0.3, -0.25) is 0 Å². The number of hydrogen-bond donors (Lipinski definition) is 0. The zero-order valence-corrected chi connectivity index (χ0v) is 29.8. The van der Waals surface area contributed by atoms with Gasteiger partial charge in [0, 0.05) is 21.9 Å². The first-order valence-corrected chi connectivity index (χ1v) is 18.4. The smallest absolute Gasteiger partial charge is 0.167 e. The Bertz CT molecular complexity index is 2920. The van der Waals surface area contributed by atoms with Gasteiger partial charge in [-0.25, -0.2) is 15.0 Å². The maximum absolute atomic E-state index is 6.70. The summed E-state index contributed by atoms with van der Waals surface area (Å²) in [5.41, 5.74) is 13.5. The highest BCUT2D eigenvalue weighted by Gasteiger charge is 2.18. The highest BCUT2D eigenvalue weighted by atomic mass is 16.3. The summed E-state index contributed by atoms with van der Waals surface area (Å²) < 4.78 is 6.70. The van der Waals surface area contributed by atoms with Crippen LogP contribution in [-0.2, 0) is 0 Å². The lowest BCUT2D eigenvalue weighted by molar-refractivity contribution is 0.669. The molecule has 55 heavy (non-hydrogen) atoms. The molecule has 0 fully saturated rings. The zero-order chi connectivity index (χ0) is 36.6. The van der Waals surface area contributed by atoms with E-state index in [0.29, 0.717) is 17.5 Å². The molecule has 0 aliphatic heterocycles. The molecule has 2 aromatic heterocycles. The molecule has 0 spiro atoms. The number of para-hydroxylation sites is 1. The minimum atomic E-state index is 0.563. The van der Waals surface area contributed by atoms with E-state index in [4.69, 9.17) is 19.4 Å². The third-order valence-electron chi connectivity index (χ3n) is 10.2. The summed E-state index contributed by atoms with van der Waals surface area (Å²) in [4.78, 5) is 15.0. The third-order valence-corrected chi connectivity index (χ3v) is 10.2. The molecule has 0 saturated carbocycles. The number of hydrogen-bond acceptors (Lipinski definition) is 4. The lowest BCUT2D eigenvalue weighted by atomic mass is 9.97. The SMILES string of the molecule is c1ccc(-c2ccc(-c3ccc(-c4ccc5c(c4)oc4c(-c6nc(-c7ccccc7)nc(-c7ccc(-c8ccccc8)cc7)n6)cccc45)cc3)cc2)cc1. The Morgan fingerprint density at radius 3 is 1.16 bits per heavy atom. The van der Waals surface area contributed by atoms with Crippen LogP contribution in [0.4, 0.5) is 0 Å². The molecule has 0 aliphatic rings. The van der Waals surface area contributed by atoms with Crippen molar-refractivity contribution in [2.24, 2.45) is 0 Å². The van der Waals surface area contributed by atoms with Crippen LogP contribution in [0.25, 0.3) is 101 Å². The molecule has 8 aromatic carbocycles. The van der Waals surface area contributed by atoms with Gasteiger partial charge in [-0.05, 0) is 62.7 Å². The second-order valence-electron chi connectivity index (χ2n) is 13.6. The molecule has 4 heteroatoms. The van der Waals surface area contributed by atoms with Gasteiger partial charge in [0.1, 0.15) is 11.2 Å². The van der Waals surface area contributed by atoms with Crippen molar-refractivity contribution in [3.63, 3.8) is 0 Å². The van der Waals surface area contributed by atoms with Gasteiger partial charge >= 0.3 is 0 Å². The van der Waals surface area contributed by atoms with Gasteiger partial charge in [-0.2, -0.15) is 0 Å². The molecular weight excluding hydrogens is 671 g/mol. The van der Waals surface area contributed by atoms with Crippen LogP contribution in [-0.4, -0.2) is 15.0 Å². The molecule has 4 nitrogen and oxygen atoms in total. The Labute approximate surface area is 319 Å². The van der Waals surface area contributed by atoms with Crippen LogP contribution in [0.1, 0.15) is 0 Å². The molecule has 10 aromatic rings. The standard InChI is InChI=1S/C51H33N3O/c1-4-11-34(12-5-1)36-19-21-38(22-20-36)39-23-25-40(26-24-39)43-31-32-44-45-17-10-18-46(48(45)55-47(44)33-43)51-53-49(41-15-8-3-9-16-41)52-50(54-51)42-29-27-37(28-30-42)35-13-6-2-7-14-35/h1-33H. The molecule has 2 heterocycles. The van der Waals surface area contributed by atoms with E-state index >= 15 is 0 Å². The Morgan fingerprint density at radius 1 is 0.273 bits per heavy atom. The molecule has 0 radical (unpaired) electrons. The molecule has 0 N–H and O–H groups in total. The number of benzene rings is 8. The number of rotatable bonds is 7. The molecule has 0 bridgehead atoms. The second-order valence-corrected chi connectivity index (χ2v) is 13.6. The molecule has 0 amide bonds. The van der Waals surface area contributed by atoms with E-state index < -0.39 is 0 Å². The highest BCUT2D eigenvalue weighted by Crippen LogP contribution is 2.38. The molecule has 0 atom stereocenters. The highest BCUT2D eigenvalue weighted by molar-refractivity contribution is 6.10. The molecule has 0 aliphatic carbocycles. The van der Waals surface area contributed by atoms with Gasteiger partial charge in [0.05, 0.1) is 5.56 Å². The van der Waals surface area contributed by atoms with Crippen LogP contribution >= 0.6 is 0 Å². The summed E-state index contributed by atoms with van der Waals surface area (Å²) >= 11 is 0. The maximum Gasteiger partial charge on any atom is 0.167 e. The van der Waals surface area contributed by atoms with E-state index in [1.807, 2.05) is 54.6 Å². The van der Waals surface area contributed by atoms with Gasteiger partial charge < -0.3 is 4.42 Å². The lowest BCUT2D eigenvalue weighted by Crippen LogP contribution is -2.00. The van der Waals surface area contributed by atoms with Gasteiger partial charge in [0.25, 0.3) is 0 Å². The molecule has 258 valence electrons. The first-order valence-electron chi connectivity index (χ1n) is 18.4. The van der Waals surface area contributed by atoms with Crippen molar-refractivity contribution in [2.45, 2.75) is 0 Å². The summed E-state index contributed by atoms with van der Waals surface area (Å²) in [6.45, 7) is 0. The monoisotopic (exact) mass is 703 g/mol. The fourth-order valence-electron chi connectivity index (χ4n) is 7.28. The fraction of sp³-hybridized carbons (Fsp3) is 0. The summed E-state index contributed by atoms with van der Waals surface area (Å²) in [6, 6.07) is 69.4. The predicted molar refractivity (Wildman–Crippen MR) is 225 cm³/mol. The summed E-state index contributed by atoms with van der Waals surface area (Å²) in [5, 5.41) is 2.06. The quantitative estimate of drug-likeness (QED) is 0.166. The van der Waals surface area contributed by atoms with Crippen molar-refractivity contribution in [1.82, 2.24) is 15.0 Å². The molecular formula is C51H33N3O. The predicted octanol–water partition coefficient (Wildman–Crippen LogP) is 13.4. The van der Waals surface area contributed by atoms with Gasteiger partial charge in [-0.1, -0.05) is 182 Å². The number of furan rings is 1. The van der Waals surface area contributed by atoms with Crippen LogP contribution in [0.15, 0.2) is 205 Å². The normalized spacial score (nSPS) is 11.3.